The van der Waals surface area contributed by atoms with E-state index in [1.807, 2.05) is 19.9 Å². The number of nitrogens with zero attached hydrogens (tertiary/aromatic N) is 2. The van der Waals surface area contributed by atoms with Crippen LogP contribution in [0.15, 0.2) is 24.4 Å². The predicted molar refractivity (Wildman–Crippen MR) is 90.5 cm³/mol. The molecule has 2 aromatic rings. The van der Waals surface area contributed by atoms with Crippen LogP contribution in [-0.2, 0) is 0 Å². The molecule has 21 heavy (non-hydrogen) atoms. The summed E-state index contributed by atoms with van der Waals surface area (Å²) in [5, 5.41) is 12.8. The monoisotopic (exact) mass is 417 g/mol. The summed E-state index contributed by atoms with van der Waals surface area (Å²) in [4.78, 5) is 19.6. The van der Waals surface area contributed by atoms with Crippen molar-refractivity contribution in [2.45, 2.75) is 19.8 Å². The highest BCUT2D eigenvalue weighted by molar-refractivity contribution is 14.1. The summed E-state index contributed by atoms with van der Waals surface area (Å²) in [6.07, 6.45) is 1.47. The van der Waals surface area contributed by atoms with E-state index in [4.69, 9.17) is 11.6 Å². The minimum absolute atomic E-state index is 0.0547. The van der Waals surface area contributed by atoms with E-state index >= 15 is 0 Å². The van der Waals surface area contributed by atoms with Crippen LogP contribution in [0.2, 0.25) is 5.02 Å². The van der Waals surface area contributed by atoms with Crippen molar-refractivity contribution in [2.24, 2.45) is 0 Å². The number of carbonyl (C=O) groups is 1. The minimum Gasteiger partial charge on any atom is -0.476 e. The van der Waals surface area contributed by atoms with Gasteiger partial charge in [-0.15, -0.1) is 0 Å². The molecule has 0 radical (unpaired) electrons. The fraction of sp³-hybridized carbons (Fsp3) is 0.214. The fourth-order valence-corrected chi connectivity index (χ4v) is 2.57. The highest BCUT2D eigenvalue weighted by atomic mass is 127. The third kappa shape index (κ3) is 3.82. The number of hydrogen-bond donors (Lipinski definition) is 2. The molecule has 2 rings (SSSR count). The zero-order chi connectivity index (χ0) is 15.6. The molecule has 1 aromatic carbocycles. The van der Waals surface area contributed by atoms with Gasteiger partial charge in [-0.05, 0) is 40.8 Å². The van der Waals surface area contributed by atoms with Gasteiger partial charge < -0.3 is 10.4 Å². The van der Waals surface area contributed by atoms with E-state index in [0.29, 0.717) is 22.2 Å². The zero-order valence-corrected chi connectivity index (χ0v) is 14.3. The molecule has 110 valence electrons. The Labute approximate surface area is 140 Å². The molecule has 0 saturated heterocycles. The molecule has 2 N–H and O–H groups in total. The number of aromatic carboxylic acids is 1. The van der Waals surface area contributed by atoms with Gasteiger partial charge in [0.1, 0.15) is 5.82 Å². The first kappa shape index (κ1) is 16.0. The lowest BCUT2D eigenvalue weighted by molar-refractivity contribution is 0.0691. The Hall–Kier alpha value is -1.41. The quantitative estimate of drug-likeness (QED) is 0.726. The molecule has 0 aliphatic carbocycles. The topological polar surface area (TPSA) is 75.1 Å². The van der Waals surface area contributed by atoms with Crippen LogP contribution in [0, 0.1) is 3.57 Å². The van der Waals surface area contributed by atoms with Crippen molar-refractivity contribution in [1.82, 2.24) is 9.97 Å². The van der Waals surface area contributed by atoms with Crippen LogP contribution in [0.5, 0.6) is 0 Å². The van der Waals surface area contributed by atoms with Crippen LogP contribution in [0.25, 0.3) is 0 Å². The van der Waals surface area contributed by atoms with E-state index in [1.54, 1.807) is 12.1 Å². The maximum atomic E-state index is 11.4. The SMILES string of the molecule is CC(C)c1ncc(Nc2ccc(I)cc2Cl)c(C(=O)O)n1. The van der Waals surface area contributed by atoms with Gasteiger partial charge in [0.05, 0.1) is 22.6 Å². The van der Waals surface area contributed by atoms with Crippen molar-refractivity contribution in [3.63, 3.8) is 0 Å². The van der Waals surface area contributed by atoms with E-state index in [9.17, 15) is 9.90 Å². The van der Waals surface area contributed by atoms with Gasteiger partial charge >= 0.3 is 5.97 Å². The maximum Gasteiger partial charge on any atom is 0.356 e. The third-order valence-electron chi connectivity index (χ3n) is 2.73. The molecule has 1 aromatic heterocycles. The van der Waals surface area contributed by atoms with Gasteiger partial charge in [-0.2, -0.15) is 0 Å². The Morgan fingerprint density at radius 1 is 1.38 bits per heavy atom. The van der Waals surface area contributed by atoms with E-state index in [0.717, 1.165) is 3.57 Å². The van der Waals surface area contributed by atoms with Crippen molar-refractivity contribution in [1.29, 1.82) is 0 Å². The summed E-state index contributed by atoms with van der Waals surface area (Å²) in [6.45, 7) is 3.81. The number of anilines is 2. The Balaban J connectivity index is 2.41. The molecule has 0 fully saturated rings. The average Bonchev–Trinajstić information content (AvgIpc) is 2.41. The number of halogens is 2. The normalized spacial score (nSPS) is 10.7. The second-order valence-electron chi connectivity index (χ2n) is 4.70. The number of carboxylic acid groups (broad SMARTS) is 1. The number of nitrogens with one attached hydrogen (secondary N) is 1. The molecule has 0 bridgehead atoms. The third-order valence-corrected chi connectivity index (χ3v) is 3.71. The summed E-state index contributed by atoms with van der Waals surface area (Å²) in [5.74, 6) is -0.561. The van der Waals surface area contributed by atoms with Crippen LogP contribution in [-0.4, -0.2) is 21.0 Å². The predicted octanol–water partition coefficient (Wildman–Crippen LogP) is 4.30. The molecule has 1 heterocycles. The molecule has 0 amide bonds. The number of aromatic nitrogens is 2. The smallest absolute Gasteiger partial charge is 0.356 e. The molecule has 0 unspecified atom stereocenters. The summed E-state index contributed by atoms with van der Waals surface area (Å²) >= 11 is 8.29. The first-order valence-corrected chi connectivity index (χ1v) is 7.66. The van der Waals surface area contributed by atoms with Gasteiger partial charge in [0.15, 0.2) is 5.69 Å². The molecular weight excluding hydrogens is 405 g/mol. The molecule has 0 spiro atoms. The largest absolute Gasteiger partial charge is 0.476 e. The van der Waals surface area contributed by atoms with Crippen molar-refractivity contribution in [2.75, 3.05) is 5.32 Å². The summed E-state index contributed by atoms with van der Waals surface area (Å²) in [7, 11) is 0. The van der Waals surface area contributed by atoms with E-state index in [-0.39, 0.29) is 11.6 Å². The van der Waals surface area contributed by atoms with Gasteiger partial charge in [-0.1, -0.05) is 25.4 Å². The molecule has 7 heteroatoms. The van der Waals surface area contributed by atoms with Crippen molar-refractivity contribution < 1.29 is 9.90 Å². The zero-order valence-electron chi connectivity index (χ0n) is 11.4. The molecule has 5 nitrogen and oxygen atoms in total. The lowest BCUT2D eigenvalue weighted by Crippen LogP contribution is -2.10. The first-order valence-electron chi connectivity index (χ1n) is 6.20. The second kappa shape index (κ2) is 6.57. The maximum absolute atomic E-state index is 11.4. The number of rotatable bonds is 4. The summed E-state index contributed by atoms with van der Waals surface area (Å²) < 4.78 is 0.994. The average molecular weight is 418 g/mol. The lowest BCUT2D eigenvalue weighted by Gasteiger charge is -2.12. The van der Waals surface area contributed by atoms with E-state index in [1.165, 1.54) is 6.20 Å². The Kier molecular flexibility index (Phi) is 5.00. The van der Waals surface area contributed by atoms with Gasteiger partial charge in [0, 0.05) is 9.49 Å². The number of benzene rings is 1. The van der Waals surface area contributed by atoms with Crippen LogP contribution in [0.1, 0.15) is 36.1 Å². The standard InChI is InChI=1S/C14H13ClIN3O2/c1-7(2)13-17-6-11(12(19-13)14(20)21)18-10-4-3-8(16)5-9(10)15/h3-7,18H,1-2H3,(H,20,21). The second-order valence-corrected chi connectivity index (χ2v) is 6.35. The summed E-state index contributed by atoms with van der Waals surface area (Å²) in [5.41, 5.74) is 0.860. The summed E-state index contributed by atoms with van der Waals surface area (Å²) in [6, 6.07) is 5.44. The van der Waals surface area contributed by atoms with E-state index < -0.39 is 5.97 Å². The minimum atomic E-state index is -1.11. The Morgan fingerprint density at radius 3 is 2.67 bits per heavy atom. The number of carboxylic acids is 1. The molecule has 0 atom stereocenters. The van der Waals surface area contributed by atoms with Crippen molar-refractivity contribution >= 4 is 51.5 Å². The van der Waals surface area contributed by atoms with Gasteiger partial charge in [-0.25, -0.2) is 14.8 Å². The van der Waals surface area contributed by atoms with Crippen LogP contribution >= 0.6 is 34.2 Å². The first-order chi connectivity index (χ1) is 9.88. The van der Waals surface area contributed by atoms with E-state index in [2.05, 4.69) is 37.9 Å². The molecule has 0 aliphatic heterocycles. The van der Waals surface area contributed by atoms with Crippen LogP contribution < -0.4 is 5.32 Å². The lowest BCUT2D eigenvalue weighted by atomic mass is 10.2. The van der Waals surface area contributed by atoms with Crippen molar-refractivity contribution in [3.8, 4) is 0 Å². The molecule has 0 saturated carbocycles. The molecule has 0 aliphatic rings. The van der Waals surface area contributed by atoms with Crippen molar-refractivity contribution in [3.05, 3.63) is 44.5 Å². The van der Waals surface area contributed by atoms with Gasteiger partial charge in [-0.3, -0.25) is 0 Å². The van der Waals surface area contributed by atoms with Gasteiger partial charge in [0.2, 0.25) is 0 Å². The highest BCUT2D eigenvalue weighted by Crippen LogP contribution is 2.28. The van der Waals surface area contributed by atoms with Gasteiger partial charge in [0.25, 0.3) is 0 Å². The van der Waals surface area contributed by atoms with Crippen LogP contribution in [0.3, 0.4) is 0 Å². The Bertz CT molecular complexity index is 692. The van der Waals surface area contributed by atoms with Crippen LogP contribution in [0.4, 0.5) is 11.4 Å². The Morgan fingerprint density at radius 2 is 2.10 bits per heavy atom. The molecular formula is C14H13ClIN3O2. The number of hydrogen-bond acceptors (Lipinski definition) is 4. The highest BCUT2D eigenvalue weighted by Gasteiger charge is 2.16. The fourth-order valence-electron chi connectivity index (χ4n) is 1.66.